The van der Waals surface area contributed by atoms with E-state index in [-0.39, 0.29) is 5.82 Å². The van der Waals surface area contributed by atoms with Crippen molar-refractivity contribution in [2.75, 3.05) is 5.73 Å². The number of aromatic nitrogens is 3. The molecule has 5 nitrogen and oxygen atoms in total. The third-order valence-corrected chi connectivity index (χ3v) is 4.53. The molecular formula is C13H11FN4OS2. The number of rotatable bonds is 4. The van der Waals surface area contributed by atoms with Crippen LogP contribution in [0.25, 0.3) is 11.5 Å². The van der Waals surface area contributed by atoms with Crippen LogP contribution in [0.3, 0.4) is 0 Å². The van der Waals surface area contributed by atoms with Gasteiger partial charge >= 0.3 is 0 Å². The highest BCUT2D eigenvalue weighted by molar-refractivity contribution is 7.98. The lowest BCUT2D eigenvalue weighted by molar-refractivity contribution is 0.425. The fourth-order valence-corrected chi connectivity index (χ4v) is 3.13. The molecule has 0 amide bonds. The largest absolute Gasteiger partial charge is 0.389 e. The minimum absolute atomic E-state index is 0.253. The summed E-state index contributed by atoms with van der Waals surface area (Å²) in [6.07, 6.45) is 0. The molecule has 0 bridgehead atoms. The summed E-state index contributed by atoms with van der Waals surface area (Å²) in [5.74, 6) is 1.22. The Kier molecular flexibility index (Phi) is 3.89. The molecule has 2 heterocycles. The predicted molar refractivity (Wildman–Crippen MR) is 80.5 cm³/mol. The first-order valence-electron chi connectivity index (χ1n) is 6.06. The van der Waals surface area contributed by atoms with Crippen molar-refractivity contribution in [3.63, 3.8) is 0 Å². The van der Waals surface area contributed by atoms with Gasteiger partial charge in [0.05, 0.1) is 17.0 Å². The van der Waals surface area contributed by atoms with Crippen molar-refractivity contribution in [1.29, 1.82) is 0 Å². The van der Waals surface area contributed by atoms with Gasteiger partial charge in [0.1, 0.15) is 10.8 Å². The number of benzene rings is 1. The highest BCUT2D eigenvalue weighted by atomic mass is 32.2. The number of hydrogen-bond acceptors (Lipinski definition) is 7. The quantitative estimate of drug-likeness (QED) is 0.741. The van der Waals surface area contributed by atoms with Gasteiger partial charge in [-0.15, -0.1) is 11.8 Å². The molecule has 0 saturated carbocycles. The number of halogens is 1. The number of nitrogens with two attached hydrogens (primary N) is 1. The van der Waals surface area contributed by atoms with Gasteiger partial charge in [-0.25, -0.2) is 4.39 Å². The number of hydrogen-bond donors (Lipinski definition) is 1. The molecule has 0 aliphatic heterocycles. The first-order chi connectivity index (χ1) is 10.1. The molecule has 21 heavy (non-hydrogen) atoms. The molecule has 2 N–H and O–H groups in total. The Labute approximate surface area is 128 Å². The van der Waals surface area contributed by atoms with Crippen LogP contribution in [0, 0.1) is 12.7 Å². The Morgan fingerprint density at radius 1 is 1.33 bits per heavy atom. The summed E-state index contributed by atoms with van der Waals surface area (Å²) in [7, 11) is 0. The molecule has 0 spiro atoms. The van der Waals surface area contributed by atoms with Gasteiger partial charge in [0.15, 0.2) is 5.82 Å². The van der Waals surface area contributed by atoms with E-state index >= 15 is 0 Å². The van der Waals surface area contributed by atoms with Crippen LogP contribution >= 0.6 is 23.3 Å². The molecule has 0 fully saturated rings. The fourth-order valence-electron chi connectivity index (χ4n) is 1.74. The summed E-state index contributed by atoms with van der Waals surface area (Å²) in [4.78, 5) is 5.26. The Morgan fingerprint density at radius 3 is 2.76 bits per heavy atom. The minimum atomic E-state index is -0.253. The normalized spacial score (nSPS) is 11.0. The second kappa shape index (κ2) is 5.82. The molecule has 0 saturated heterocycles. The summed E-state index contributed by atoms with van der Waals surface area (Å²) in [6.45, 7) is 1.85. The van der Waals surface area contributed by atoms with Gasteiger partial charge in [-0.2, -0.15) is 9.36 Å². The van der Waals surface area contributed by atoms with E-state index in [1.165, 1.54) is 35.4 Å². The second-order valence-corrected chi connectivity index (χ2v) is 6.12. The summed E-state index contributed by atoms with van der Waals surface area (Å²) >= 11 is 2.71. The Balaban J connectivity index is 1.72. The van der Waals surface area contributed by atoms with Crippen LogP contribution in [0.4, 0.5) is 9.39 Å². The Bertz CT molecular complexity index is 734. The number of aryl methyl sites for hydroxylation is 1. The van der Waals surface area contributed by atoms with E-state index < -0.39 is 0 Å². The lowest BCUT2D eigenvalue weighted by Crippen LogP contribution is -1.88. The fraction of sp³-hybridized carbons (Fsp3) is 0.154. The van der Waals surface area contributed by atoms with Crippen LogP contribution in [0.5, 0.6) is 0 Å². The van der Waals surface area contributed by atoms with Crippen molar-refractivity contribution < 1.29 is 8.91 Å². The maximum atomic E-state index is 12.8. The molecule has 1 aromatic carbocycles. The van der Waals surface area contributed by atoms with Crippen molar-refractivity contribution in [2.45, 2.75) is 17.6 Å². The third-order valence-electron chi connectivity index (χ3n) is 2.75. The second-order valence-electron chi connectivity index (χ2n) is 4.27. The molecule has 0 aliphatic rings. The van der Waals surface area contributed by atoms with E-state index in [0.717, 1.165) is 10.6 Å². The smallest absolute Gasteiger partial charge is 0.262 e. The lowest BCUT2D eigenvalue weighted by Gasteiger charge is -1.97. The Morgan fingerprint density at radius 2 is 2.10 bits per heavy atom. The van der Waals surface area contributed by atoms with E-state index in [4.69, 9.17) is 10.3 Å². The number of nitrogen functional groups attached to an aromatic ring is 1. The van der Waals surface area contributed by atoms with Gasteiger partial charge in [-0.1, -0.05) is 5.16 Å². The van der Waals surface area contributed by atoms with Gasteiger partial charge in [0.2, 0.25) is 0 Å². The van der Waals surface area contributed by atoms with E-state index in [0.29, 0.717) is 28.0 Å². The Hall–Kier alpha value is -1.93. The van der Waals surface area contributed by atoms with Crippen LogP contribution in [-0.4, -0.2) is 14.5 Å². The molecule has 108 valence electrons. The molecule has 2 aromatic heterocycles. The lowest BCUT2D eigenvalue weighted by atomic mass is 10.2. The average molecular weight is 322 g/mol. The topological polar surface area (TPSA) is 77.8 Å². The van der Waals surface area contributed by atoms with Crippen LogP contribution in [0.2, 0.25) is 0 Å². The molecule has 3 rings (SSSR count). The third kappa shape index (κ3) is 3.06. The van der Waals surface area contributed by atoms with Gasteiger partial charge in [-0.05, 0) is 42.7 Å². The summed E-state index contributed by atoms with van der Waals surface area (Å²) in [6, 6.07) is 6.27. The minimum Gasteiger partial charge on any atom is -0.389 e. The zero-order chi connectivity index (χ0) is 14.8. The van der Waals surface area contributed by atoms with Crippen molar-refractivity contribution in [1.82, 2.24) is 14.5 Å². The molecule has 3 aromatic rings. The summed E-state index contributed by atoms with van der Waals surface area (Å²) in [5, 5.41) is 4.49. The monoisotopic (exact) mass is 322 g/mol. The van der Waals surface area contributed by atoms with Gasteiger partial charge in [0, 0.05) is 4.90 Å². The summed E-state index contributed by atoms with van der Waals surface area (Å²) in [5.41, 5.74) is 7.33. The number of thioether (sulfide) groups is 1. The van der Waals surface area contributed by atoms with E-state index in [1.54, 1.807) is 12.1 Å². The maximum absolute atomic E-state index is 12.8. The van der Waals surface area contributed by atoms with Crippen molar-refractivity contribution in [3.8, 4) is 11.5 Å². The molecular weight excluding hydrogens is 311 g/mol. The molecule has 0 aliphatic carbocycles. The SMILES string of the molecule is Cc1nsc(N)c1-c1nc(CSc2ccc(F)cc2)no1. The number of anilines is 1. The maximum Gasteiger partial charge on any atom is 0.262 e. The number of nitrogens with zero attached hydrogens (tertiary/aromatic N) is 3. The van der Waals surface area contributed by atoms with Crippen molar-refractivity contribution >= 4 is 28.3 Å². The molecule has 0 unspecified atom stereocenters. The zero-order valence-corrected chi connectivity index (χ0v) is 12.7. The van der Waals surface area contributed by atoms with Crippen molar-refractivity contribution in [3.05, 3.63) is 41.6 Å². The van der Waals surface area contributed by atoms with E-state index in [1.807, 2.05) is 6.92 Å². The molecule has 0 radical (unpaired) electrons. The first kappa shape index (κ1) is 14.0. The van der Waals surface area contributed by atoms with E-state index in [2.05, 4.69) is 14.5 Å². The molecule has 8 heteroatoms. The van der Waals surface area contributed by atoms with Crippen LogP contribution in [-0.2, 0) is 5.75 Å². The van der Waals surface area contributed by atoms with Crippen molar-refractivity contribution in [2.24, 2.45) is 0 Å². The average Bonchev–Trinajstić information content (AvgIpc) is 3.05. The molecule has 0 atom stereocenters. The van der Waals surface area contributed by atoms with Gasteiger partial charge in [-0.3, -0.25) is 0 Å². The van der Waals surface area contributed by atoms with Crippen LogP contribution < -0.4 is 5.73 Å². The highest BCUT2D eigenvalue weighted by Crippen LogP contribution is 2.31. The van der Waals surface area contributed by atoms with E-state index in [9.17, 15) is 4.39 Å². The van der Waals surface area contributed by atoms with Gasteiger partial charge in [0.25, 0.3) is 5.89 Å². The standard InChI is InChI=1S/C13H11FN4OS2/c1-7-11(12(15)21-18-7)13-16-10(17-19-13)6-20-9-4-2-8(14)3-5-9/h2-5H,6,15H2,1H3. The van der Waals surface area contributed by atoms with Crippen LogP contribution in [0.15, 0.2) is 33.7 Å². The summed E-state index contributed by atoms with van der Waals surface area (Å²) < 4.78 is 22.2. The van der Waals surface area contributed by atoms with Gasteiger partial charge < -0.3 is 10.3 Å². The first-order valence-corrected chi connectivity index (χ1v) is 7.82. The van der Waals surface area contributed by atoms with Crippen LogP contribution in [0.1, 0.15) is 11.5 Å². The predicted octanol–water partition coefficient (Wildman–Crippen LogP) is 3.52. The zero-order valence-electron chi connectivity index (χ0n) is 11.0. The highest BCUT2D eigenvalue weighted by Gasteiger charge is 2.17.